The summed E-state index contributed by atoms with van der Waals surface area (Å²) in [6, 6.07) is 11.4. The number of amides is 1. The Hall–Kier alpha value is -3.13. The van der Waals surface area contributed by atoms with Gasteiger partial charge in [0.1, 0.15) is 5.03 Å². The van der Waals surface area contributed by atoms with E-state index in [-0.39, 0.29) is 11.7 Å². The fourth-order valence-electron chi connectivity index (χ4n) is 2.94. The number of rotatable bonds is 5. The van der Waals surface area contributed by atoms with Gasteiger partial charge in [0.25, 0.3) is 0 Å². The average Bonchev–Trinajstić information content (AvgIpc) is 3.31. The van der Waals surface area contributed by atoms with E-state index in [4.69, 9.17) is 4.42 Å². The van der Waals surface area contributed by atoms with Gasteiger partial charge in [-0.05, 0) is 32.0 Å². The summed E-state index contributed by atoms with van der Waals surface area (Å²) in [7, 11) is 1.86. The average molecular weight is 393 g/mol. The summed E-state index contributed by atoms with van der Waals surface area (Å²) < 4.78 is 7.19. The summed E-state index contributed by atoms with van der Waals surface area (Å²) in [5.74, 6) is 1.22. The van der Waals surface area contributed by atoms with E-state index < -0.39 is 0 Å². The zero-order valence-corrected chi connectivity index (χ0v) is 16.6. The highest BCUT2D eigenvalue weighted by molar-refractivity contribution is 8.00. The Morgan fingerprint density at radius 1 is 1.18 bits per heavy atom. The third-order valence-electron chi connectivity index (χ3n) is 4.42. The molecule has 0 bridgehead atoms. The van der Waals surface area contributed by atoms with Crippen molar-refractivity contribution in [1.82, 2.24) is 19.7 Å². The number of carbonyl (C=O) groups excluding carboxylic acids is 1. The molecule has 0 spiro atoms. The number of hydrogen-bond acceptors (Lipinski definition) is 6. The monoisotopic (exact) mass is 393 g/mol. The Labute approximate surface area is 166 Å². The van der Waals surface area contributed by atoms with Crippen LogP contribution < -0.4 is 5.32 Å². The van der Waals surface area contributed by atoms with Gasteiger partial charge in [-0.2, -0.15) is 5.10 Å². The fourth-order valence-corrected chi connectivity index (χ4v) is 3.76. The van der Waals surface area contributed by atoms with Gasteiger partial charge < -0.3 is 9.73 Å². The Balaban J connectivity index is 1.58. The van der Waals surface area contributed by atoms with Crippen LogP contribution in [0, 0.1) is 13.8 Å². The molecule has 0 unspecified atom stereocenters. The number of anilines is 1. The van der Waals surface area contributed by atoms with Gasteiger partial charge in [0, 0.05) is 12.4 Å². The Kier molecular flexibility index (Phi) is 4.87. The van der Waals surface area contributed by atoms with Crippen molar-refractivity contribution in [2.75, 3.05) is 11.1 Å². The minimum absolute atomic E-state index is 0.105. The first-order valence-corrected chi connectivity index (χ1v) is 9.75. The van der Waals surface area contributed by atoms with E-state index in [2.05, 4.69) is 20.4 Å². The highest BCUT2D eigenvalue weighted by atomic mass is 32.2. The van der Waals surface area contributed by atoms with Crippen molar-refractivity contribution in [1.29, 1.82) is 0 Å². The molecule has 0 aliphatic heterocycles. The number of nitrogens with zero attached hydrogens (tertiary/aromatic N) is 4. The van der Waals surface area contributed by atoms with Gasteiger partial charge in [0.05, 0.1) is 34.6 Å². The van der Waals surface area contributed by atoms with Crippen LogP contribution in [0.25, 0.3) is 22.5 Å². The maximum Gasteiger partial charge on any atom is 0.234 e. The minimum atomic E-state index is -0.105. The molecule has 0 saturated carbocycles. The van der Waals surface area contributed by atoms with Crippen molar-refractivity contribution in [2.45, 2.75) is 18.9 Å². The fraction of sp³-hybridized carbons (Fsp3) is 0.200. The van der Waals surface area contributed by atoms with E-state index >= 15 is 0 Å². The predicted octanol–water partition coefficient (Wildman–Crippen LogP) is 3.97. The van der Waals surface area contributed by atoms with E-state index in [1.54, 1.807) is 17.0 Å². The first-order chi connectivity index (χ1) is 13.5. The molecule has 142 valence electrons. The van der Waals surface area contributed by atoms with Gasteiger partial charge in [-0.15, -0.1) is 0 Å². The molecule has 0 saturated heterocycles. The van der Waals surface area contributed by atoms with Gasteiger partial charge in [0.2, 0.25) is 5.91 Å². The van der Waals surface area contributed by atoms with Gasteiger partial charge in [-0.1, -0.05) is 30.0 Å². The molecule has 4 rings (SSSR count). The third kappa shape index (κ3) is 3.50. The molecule has 8 heteroatoms. The van der Waals surface area contributed by atoms with Crippen molar-refractivity contribution in [3.8, 4) is 11.6 Å². The maximum atomic E-state index is 12.5. The zero-order chi connectivity index (χ0) is 19.7. The van der Waals surface area contributed by atoms with Crippen molar-refractivity contribution >= 4 is 34.3 Å². The van der Waals surface area contributed by atoms with Crippen LogP contribution in [0.15, 0.2) is 52.1 Å². The lowest BCUT2D eigenvalue weighted by Gasteiger charge is -2.08. The van der Waals surface area contributed by atoms with E-state index in [1.807, 2.05) is 51.2 Å². The molecule has 1 amide bonds. The number of furan rings is 1. The first kappa shape index (κ1) is 18.2. The number of aryl methyl sites for hydroxylation is 2. The predicted molar refractivity (Wildman–Crippen MR) is 109 cm³/mol. The van der Waals surface area contributed by atoms with Gasteiger partial charge in [-0.25, -0.2) is 9.97 Å². The molecular formula is C20H19N5O2S. The van der Waals surface area contributed by atoms with Crippen molar-refractivity contribution in [3.05, 3.63) is 54.0 Å². The summed E-state index contributed by atoms with van der Waals surface area (Å²) in [5, 5.41) is 8.93. The van der Waals surface area contributed by atoms with Crippen LogP contribution in [0.4, 0.5) is 5.69 Å². The van der Waals surface area contributed by atoms with Gasteiger partial charge in [0.15, 0.2) is 11.6 Å². The van der Waals surface area contributed by atoms with E-state index in [0.29, 0.717) is 11.6 Å². The molecule has 0 aliphatic rings. The van der Waals surface area contributed by atoms with Crippen molar-refractivity contribution in [2.24, 2.45) is 7.05 Å². The van der Waals surface area contributed by atoms with Crippen molar-refractivity contribution in [3.63, 3.8) is 0 Å². The summed E-state index contributed by atoms with van der Waals surface area (Å²) in [6.45, 7) is 3.81. The molecule has 3 heterocycles. The quantitative estimate of drug-likeness (QED) is 0.408. The van der Waals surface area contributed by atoms with Gasteiger partial charge >= 0.3 is 0 Å². The second kappa shape index (κ2) is 7.47. The third-order valence-corrected chi connectivity index (χ3v) is 5.41. The molecule has 1 aromatic carbocycles. The Morgan fingerprint density at radius 2 is 2.00 bits per heavy atom. The lowest BCUT2D eigenvalue weighted by Crippen LogP contribution is -2.15. The number of para-hydroxylation sites is 1. The summed E-state index contributed by atoms with van der Waals surface area (Å²) in [4.78, 5) is 21.7. The molecule has 0 radical (unpaired) electrons. The SMILES string of the molecule is Cc1nn(C)c(C)c1NC(=O)CSc1nc(-c2ccco2)nc2ccccc12. The van der Waals surface area contributed by atoms with Gasteiger partial charge in [-0.3, -0.25) is 9.48 Å². The van der Waals surface area contributed by atoms with Crippen LogP contribution >= 0.6 is 11.8 Å². The summed E-state index contributed by atoms with van der Waals surface area (Å²) in [5.41, 5.74) is 3.29. The number of thioether (sulfide) groups is 1. The minimum Gasteiger partial charge on any atom is -0.461 e. The van der Waals surface area contributed by atoms with Crippen LogP contribution in [-0.4, -0.2) is 31.4 Å². The van der Waals surface area contributed by atoms with Crippen LogP contribution in [0.5, 0.6) is 0 Å². The molecular weight excluding hydrogens is 374 g/mol. The second-order valence-electron chi connectivity index (χ2n) is 6.35. The largest absolute Gasteiger partial charge is 0.461 e. The molecule has 3 aromatic heterocycles. The van der Waals surface area contributed by atoms with E-state index in [0.717, 1.165) is 33.0 Å². The lowest BCUT2D eigenvalue weighted by atomic mass is 10.2. The second-order valence-corrected chi connectivity index (χ2v) is 7.32. The first-order valence-electron chi connectivity index (χ1n) is 8.76. The van der Waals surface area contributed by atoms with Crippen molar-refractivity contribution < 1.29 is 9.21 Å². The number of hydrogen-bond donors (Lipinski definition) is 1. The summed E-state index contributed by atoms with van der Waals surface area (Å²) in [6.07, 6.45) is 1.59. The summed E-state index contributed by atoms with van der Waals surface area (Å²) >= 11 is 1.38. The molecule has 0 aliphatic carbocycles. The van der Waals surface area contributed by atoms with E-state index in [1.165, 1.54) is 11.8 Å². The van der Waals surface area contributed by atoms with E-state index in [9.17, 15) is 4.79 Å². The Morgan fingerprint density at radius 3 is 2.71 bits per heavy atom. The normalized spacial score (nSPS) is 11.1. The van der Waals surface area contributed by atoms with Crippen LogP contribution in [0.1, 0.15) is 11.4 Å². The zero-order valence-electron chi connectivity index (χ0n) is 15.8. The molecule has 7 nitrogen and oxygen atoms in total. The highest BCUT2D eigenvalue weighted by Gasteiger charge is 2.15. The number of benzene rings is 1. The van der Waals surface area contributed by atoms with Crippen LogP contribution in [0.3, 0.4) is 0 Å². The maximum absolute atomic E-state index is 12.5. The standard InChI is InChI=1S/C20H19N5O2S/c1-12-18(13(2)25(3)24-12)22-17(26)11-28-20-14-7-4-5-8-15(14)21-19(23-20)16-9-6-10-27-16/h4-10H,11H2,1-3H3,(H,22,26). The molecule has 0 fully saturated rings. The molecule has 1 N–H and O–H groups in total. The molecule has 4 aromatic rings. The Bertz CT molecular complexity index is 1150. The topological polar surface area (TPSA) is 85.8 Å². The number of nitrogens with one attached hydrogen (secondary N) is 1. The van der Waals surface area contributed by atoms with Crippen LogP contribution in [0.2, 0.25) is 0 Å². The van der Waals surface area contributed by atoms with Crippen LogP contribution in [-0.2, 0) is 11.8 Å². The molecule has 28 heavy (non-hydrogen) atoms. The highest BCUT2D eigenvalue weighted by Crippen LogP contribution is 2.29. The lowest BCUT2D eigenvalue weighted by molar-refractivity contribution is -0.113. The number of fused-ring (bicyclic) bond motifs is 1. The number of carbonyl (C=O) groups is 1. The number of aromatic nitrogens is 4. The smallest absolute Gasteiger partial charge is 0.234 e. The molecule has 0 atom stereocenters.